The van der Waals surface area contributed by atoms with Crippen LogP contribution in [-0.2, 0) is 0 Å². The van der Waals surface area contributed by atoms with E-state index < -0.39 is 0 Å². The summed E-state index contributed by atoms with van der Waals surface area (Å²) in [6.45, 7) is 0. The fraction of sp³-hybridized carbons (Fsp3) is 0. The van der Waals surface area contributed by atoms with E-state index in [4.69, 9.17) is 4.42 Å². The molecule has 3 rings (SSSR count). The van der Waals surface area contributed by atoms with Crippen LogP contribution < -0.4 is 5.43 Å². The zero-order valence-corrected chi connectivity index (χ0v) is 9.45. The highest BCUT2D eigenvalue weighted by atomic mass is 16.4. The summed E-state index contributed by atoms with van der Waals surface area (Å²) in [6, 6.07) is 11.7. The normalized spacial score (nSPS) is 11.1. The summed E-state index contributed by atoms with van der Waals surface area (Å²) in [6.07, 6.45) is 5.09. The molecule has 88 valence electrons. The lowest BCUT2D eigenvalue weighted by Crippen LogP contribution is -1.90. The third-order valence-corrected chi connectivity index (χ3v) is 2.35. The number of hydrazone groups is 1. The maximum absolute atomic E-state index is 5.45. The molecule has 0 atom stereocenters. The van der Waals surface area contributed by atoms with Gasteiger partial charge in [-0.15, -0.1) is 0 Å². The van der Waals surface area contributed by atoms with Gasteiger partial charge in [-0.3, -0.25) is 4.98 Å². The number of rotatable bonds is 3. The number of benzene rings is 1. The van der Waals surface area contributed by atoms with Crippen molar-refractivity contribution in [3.05, 3.63) is 54.4 Å². The van der Waals surface area contributed by atoms with E-state index in [-0.39, 0.29) is 0 Å². The van der Waals surface area contributed by atoms with Crippen molar-refractivity contribution in [1.82, 2.24) is 9.97 Å². The number of para-hydroxylation sites is 2. The second-order valence-electron chi connectivity index (χ2n) is 3.64. The predicted octanol–water partition coefficient (Wildman–Crippen LogP) is 2.67. The maximum atomic E-state index is 5.45. The Morgan fingerprint density at radius 3 is 2.94 bits per heavy atom. The molecule has 0 saturated carbocycles. The molecule has 0 aliphatic heterocycles. The van der Waals surface area contributed by atoms with Crippen molar-refractivity contribution in [2.24, 2.45) is 5.10 Å². The van der Waals surface area contributed by atoms with E-state index in [1.165, 1.54) is 0 Å². The first-order valence-electron chi connectivity index (χ1n) is 5.46. The molecule has 2 heterocycles. The topological polar surface area (TPSA) is 63.3 Å². The SMILES string of the molecule is C(=NNc1nc2ccccc2o1)c1cccnc1. The van der Waals surface area contributed by atoms with Gasteiger partial charge in [0.15, 0.2) is 5.58 Å². The van der Waals surface area contributed by atoms with Crippen molar-refractivity contribution < 1.29 is 4.42 Å². The van der Waals surface area contributed by atoms with Crippen molar-refractivity contribution in [2.75, 3.05) is 5.43 Å². The van der Waals surface area contributed by atoms with Crippen LogP contribution in [0.25, 0.3) is 11.1 Å². The number of hydrogen-bond donors (Lipinski definition) is 1. The second-order valence-corrected chi connectivity index (χ2v) is 3.64. The van der Waals surface area contributed by atoms with Gasteiger partial charge in [0.25, 0.3) is 0 Å². The molecule has 3 aromatic rings. The zero-order valence-electron chi connectivity index (χ0n) is 9.45. The Kier molecular flexibility index (Phi) is 2.71. The van der Waals surface area contributed by atoms with Gasteiger partial charge in [0, 0.05) is 18.0 Å². The molecule has 0 saturated heterocycles. The highest BCUT2D eigenvalue weighted by Gasteiger charge is 2.02. The van der Waals surface area contributed by atoms with Gasteiger partial charge in [-0.05, 0) is 18.2 Å². The quantitative estimate of drug-likeness (QED) is 0.562. The van der Waals surface area contributed by atoms with Crippen LogP contribution in [0.2, 0.25) is 0 Å². The Morgan fingerprint density at radius 1 is 1.17 bits per heavy atom. The van der Waals surface area contributed by atoms with Crippen molar-refractivity contribution >= 4 is 23.3 Å². The van der Waals surface area contributed by atoms with E-state index in [0.29, 0.717) is 6.01 Å². The molecule has 2 aromatic heterocycles. The minimum absolute atomic E-state index is 0.372. The fourth-order valence-electron chi connectivity index (χ4n) is 1.53. The van der Waals surface area contributed by atoms with Crippen molar-refractivity contribution in [1.29, 1.82) is 0 Å². The van der Waals surface area contributed by atoms with Crippen molar-refractivity contribution in [2.45, 2.75) is 0 Å². The summed E-state index contributed by atoms with van der Waals surface area (Å²) in [7, 11) is 0. The average Bonchev–Trinajstić information content (AvgIpc) is 2.82. The molecule has 1 aromatic carbocycles. The first kappa shape index (κ1) is 10.5. The van der Waals surface area contributed by atoms with Crippen LogP contribution in [0, 0.1) is 0 Å². The van der Waals surface area contributed by atoms with E-state index >= 15 is 0 Å². The highest BCUT2D eigenvalue weighted by Crippen LogP contribution is 2.17. The standard InChI is InChI=1S/C13H10N4O/c1-2-6-12-11(5-1)16-13(18-12)17-15-9-10-4-3-7-14-8-10/h1-9H,(H,16,17). The molecule has 5 nitrogen and oxygen atoms in total. The minimum atomic E-state index is 0.372. The molecule has 0 amide bonds. The van der Waals surface area contributed by atoms with Gasteiger partial charge in [0.1, 0.15) is 5.52 Å². The first-order valence-corrected chi connectivity index (χ1v) is 5.46. The molecule has 0 fully saturated rings. The van der Waals surface area contributed by atoms with E-state index in [0.717, 1.165) is 16.7 Å². The number of pyridine rings is 1. The number of aromatic nitrogens is 2. The second kappa shape index (κ2) is 4.67. The van der Waals surface area contributed by atoms with Gasteiger partial charge < -0.3 is 4.42 Å². The van der Waals surface area contributed by atoms with Crippen LogP contribution in [0.4, 0.5) is 6.01 Å². The van der Waals surface area contributed by atoms with Gasteiger partial charge in [0.05, 0.1) is 6.21 Å². The monoisotopic (exact) mass is 238 g/mol. The minimum Gasteiger partial charge on any atom is -0.422 e. The molecule has 0 unspecified atom stereocenters. The maximum Gasteiger partial charge on any atom is 0.316 e. The number of oxazole rings is 1. The molecule has 5 heteroatoms. The van der Waals surface area contributed by atoms with Gasteiger partial charge in [-0.1, -0.05) is 18.2 Å². The van der Waals surface area contributed by atoms with Crippen LogP contribution in [0.15, 0.2) is 58.3 Å². The third-order valence-electron chi connectivity index (χ3n) is 2.35. The molecule has 0 aliphatic rings. The van der Waals surface area contributed by atoms with Gasteiger partial charge in [-0.25, -0.2) is 5.43 Å². The Balaban J connectivity index is 1.75. The molecule has 1 N–H and O–H groups in total. The summed E-state index contributed by atoms with van der Waals surface area (Å²) in [5.74, 6) is 0. The van der Waals surface area contributed by atoms with Crippen molar-refractivity contribution in [3.63, 3.8) is 0 Å². The highest BCUT2D eigenvalue weighted by molar-refractivity contribution is 5.79. The molecule has 0 spiro atoms. The van der Waals surface area contributed by atoms with Crippen LogP contribution in [0.3, 0.4) is 0 Å². The number of hydrogen-bond acceptors (Lipinski definition) is 5. The molecule has 0 bridgehead atoms. The molecular weight excluding hydrogens is 228 g/mol. The van der Waals surface area contributed by atoms with E-state index in [2.05, 4.69) is 20.5 Å². The Bertz CT molecular complexity index is 643. The summed E-state index contributed by atoms with van der Waals surface area (Å²) in [4.78, 5) is 8.22. The summed E-state index contributed by atoms with van der Waals surface area (Å²) in [5.41, 5.74) is 5.19. The predicted molar refractivity (Wildman–Crippen MR) is 69.5 cm³/mol. The molecular formula is C13H10N4O. The van der Waals surface area contributed by atoms with E-state index in [1.54, 1.807) is 18.6 Å². The van der Waals surface area contributed by atoms with Crippen molar-refractivity contribution in [3.8, 4) is 0 Å². The largest absolute Gasteiger partial charge is 0.422 e. The Morgan fingerprint density at radius 2 is 2.11 bits per heavy atom. The zero-order chi connectivity index (χ0) is 12.2. The number of fused-ring (bicyclic) bond motifs is 1. The lowest BCUT2D eigenvalue weighted by atomic mass is 10.3. The molecule has 0 aliphatic carbocycles. The van der Waals surface area contributed by atoms with Crippen LogP contribution in [0.1, 0.15) is 5.56 Å². The Hall–Kier alpha value is -2.69. The van der Waals surface area contributed by atoms with Crippen LogP contribution in [0.5, 0.6) is 0 Å². The lowest BCUT2D eigenvalue weighted by molar-refractivity contribution is 0.617. The smallest absolute Gasteiger partial charge is 0.316 e. The van der Waals surface area contributed by atoms with E-state index in [1.807, 2.05) is 36.4 Å². The Labute approximate surface area is 103 Å². The van der Waals surface area contributed by atoms with Crippen LogP contribution >= 0.6 is 0 Å². The average molecular weight is 238 g/mol. The number of nitrogens with one attached hydrogen (secondary N) is 1. The van der Waals surface area contributed by atoms with Gasteiger partial charge >= 0.3 is 6.01 Å². The molecule has 18 heavy (non-hydrogen) atoms. The number of nitrogens with zero attached hydrogens (tertiary/aromatic N) is 3. The van der Waals surface area contributed by atoms with Gasteiger partial charge in [0.2, 0.25) is 0 Å². The lowest BCUT2D eigenvalue weighted by Gasteiger charge is -1.92. The number of anilines is 1. The van der Waals surface area contributed by atoms with E-state index in [9.17, 15) is 0 Å². The van der Waals surface area contributed by atoms with Gasteiger partial charge in [-0.2, -0.15) is 10.1 Å². The summed E-state index contributed by atoms with van der Waals surface area (Å²) >= 11 is 0. The third kappa shape index (κ3) is 2.20. The fourth-order valence-corrected chi connectivity index (χ4v) is 1.53. The van der Waals surface area contributed by atoms with Crippen LogP contribution in [-0.4, -0.2) is 16.2 Å². The summed E-state index contributed by atoms with van der Waals surface area (Å²) in [5, 5.41) is 4.04. The first-order chi connectivity index (χ1) is 8.92. The summed E-state index contributed by atoms with van der Waals surface area (Å²) < 4.78 is 5.45. The molecule has 0 radical (unpaired) electrons.